The van der Waals surface area contributed by atoms with Gasteiger partial charge in [-0.05, 0) is 0 Å². The molecule has 0 saturated heterocycles. The zero-order valence-electron chi connectivity index (χ0n) is 6.99. The second-order valence-corrected chi connectivity index (χ2v) is 4.14. The molecule has 0 aliphatic heterocycles. The molecule has 1 atom stereocenters. The first kappa shape index (κ1) is 10.4. The number of halogens is 1. The highest BCUT2D eigenvalue weighted by molar-refractivity contribution is 7.15. The van der Waals surface area contributed by atoms with Crippen LogP contribution in [0.2, 0.25) is 4.34 Å². The van der Waals surface area contributed by atoms with Crippen LogP contribution in [0, 0.1) is 0 Å². The summed E-state index contributed by atoms with van der Waals surface area (Å²) >= 11 is 6.97. The van der Waals surface area contributed by atoms with Crippen molar-refractivity contribution in [3.05, 3.63) is 15.5 Å². The van der Waals surface area contributed by atoms with Gasteiger partial charge in [0.1, 0.15) is 10.4 Å². The van der Waals surface area contributed by atoms with Gasteiger partial charge in [-0.15, -0.1) is 11.3 Å². The van der Waals surface area contributed by atoms with Crippen LogP contribution in [-0.4, -0.2) is 24.1 Å². The lowest BCUT2D eigenvalue weighted by Crippen LogP contribution is -2.33. The van der Waals surface area contributed by atoms with E-state index in [-0.39, 0.29) is 0 Å². The van der Waals surface area contributed by atoms with Gasteiger partial charge >= 0.3 is 5.97 Å². The quantitative estimate of drug-likeness (QED) is 0.767. The molecule has 0 spiro atoms. The third-order valence-electron chi connectivity index (χ3n) is 1.42. The molecule has 0 aliphatic carbocycles. The fraction of sp³-hybridized carbons (Fsp3) is 0.429. The first-order valence-corrected chi connectivity index (χ1v) is 4.76. The van der Waals surface area contributed by atoms with Gasteiger partial charge in [-0.25, -0.2) is 4.98 Å². The summed E-state index contributed by atoms with van der Waals surface area (Å²) in [5, 5.41) is 0.739. The molecule has 2 N–H and O–H groups in total. The van der Waals surface area contributed by atoms with E-state index in [9.17, 15) is 4.79 Å². The Bertz CT molecular complexity index is 302. The van der Waals surface area contributed by atoms with E-state index >= 15 is 0 Å². The Labute approximate surface area is 84.7 Å². The molecule has 13 heavy (non-hydrogen) atoms. The van der Waals surface area contributed by atoms with Crippen molar-refractivity contribution < 1.29 is 9.53 Å². The molecule has 1 aromatic heterocycles. The first-order chi connectivity index (χ1) is 6.13. The topological polar surface area (TPSA) is 65.2 Å². The van der Waals surface area contributed by atoms with Crippen LogP contribution in [0.4, 0.5) is 0 Å². The lowest BCUT2D eigenvalue weighted by Gasteiger charge is -2.05. The zero-order valence-corrected chi connectivity index (χ0v) is 8.56. The smallest absolute Gasteiger partial charge is 0.323 e. The van der Waals surface area contributed by atoms with Gasteiger partial charge in [-0.2, -0.15) is 0 Å². The molecule has 0 saturated carbocycles. The number of carbonyl (C=O) groups excluding carboxylic acids is 1. The largest absolute Gasteiger partial charge is 0.468 e. The van der Waals surface area contributed by atoms with Crippen molar-refractivity contribution in [3.8, 4) is 0 Å². The van der Waals surface area contributed by atoms with Crippen LogP contribution in [0.15, 0.2) is 6.20 Å². The van der Waals surface area contributed by atoms with Crippen LogP contribution in [-0.2, 0) is 16.0 Å². The van der Waals surface area contributed by atoms with Crippen LogP contribution in [0.5, 0.6) is 0 Å². The van der Waals surface area contributed by atoms with Crippen molar-refractivity contribution in [2.45, 2.75) is 12.5 Å². The third kappa shape index (κ3) is 2.95. The number of esters is 1. The summed E-state index contributed by atoms with van der Waals surface area (Å²) in [7, 11) is 1.30. The van der Waals surface area contributed by atoms with Crippen molar-refractivity contribution in [3.63, 3.8) is 0 Å². The van der Waals surface area contributed by atoms with E-state index in [0.717, 1.165) is 5.01 Å². The number of hydrogen-bond acceptors (Lipinski definition) is 5. The van der Waals surface area contributed by atoms with Gasteiger partial charge in [0.2, 0.25) is 0 Å². The van der Waals surface area contributed by atoms with Gasteiger partial charge in [0, 0.05) is 6.42 Å². The Morgan fingerprint density at radius 2 is 2.62 bits per heavy atom. The Kier molecular flexibility index (Phi) is 3.65. The molecule has 72 valence electrons. The van der Waals surface area contributed by atoms with Crippen LogP contribution < -0.4 is 5.73 Å². The van der Waals surface area contributed by atoms with E-state index in [1.165, 1.54) is 24.6 Å². The summed E-state index contributed by atoms with van der Waals surface area (Å²) in [5.74, 6) is -0.439. The number of hydrogen-bond donors (Lipinski definition) is 1. The van der Waals surface area contributed by atoms with Gasteiger partial charge in [-0.1, -0.05) is 11.6 Å². The average Bonchev–Trinajstić information content (AvgIpc) is 2.49. The van der Waals surface area contributed by atoms with Crippen molar-refractivity contribution in [1.29, 1.82) is 0 Å². The van der Waals surface area contributed by atoms with E-state index in [2.05, 4.69) is 9.72 Å². The van der Waals surface area contributed by atoms with Gasteiger partial charge in [0.05, 0.1) is 18.3 Å². The van der Waals surface area contributed by atoms with E-state index in [1.54, 1.807) is 0 Å². The number of ether oxygens (including phenoxy) is 1. The van der Waals surface area contributed by atoms with Crippen LogP contribution in [0.25, 0.3) is 0 Å². The van der Waals surface area contributed by atoms with Crippen molar-refractivity contribution in [1.82, 2.24) is 4.98 Å². The monoisotopic (exact) mass is 220 g/mol. The van der Waals surface area contributed by atoms with E-state index < -0.39 is 12.0 Å². The molecule has 1 heterocycles. The maximum atomic E-state index is 10.9. The standard InChI is InChI=1S/C7H9ClN2O2S/c1-12-7(11)4(9)2-6-10-3-5(8)13-6/h3-4H,2,9H2,1H3. The Morgan fingerprint density at radius 1 is 1.92 bits per heavy atom. The molecular weight excluding hydrogens is 212 g/mol. The molecule has 0 amide bonds. The van der Waals surface area contributed by atoms with Gasteiger partial charge in [0.25, 0.3) is 0 Å². The van der Waals surface area contributed by atoms with Crippen LogP contribution in [0.1, 0.15) is 5.01 Å². The summed E-state index contributed by atoms with van der Waals surface area (Å²) in [4.78, 5) is 14.9. The molecule has 0 radical (unpaired) electrons. The summed E-state index contributed by atoms with van der Waals surface area (Å²) < 4.78 is 5.06. The number of carbonyl (C=O) groups is 1. The van der Waals surface area contributed by atoms with Crippen molar-refractivity contribution >= 4 is 28.9 Å². The summed E-state index contributed by atoms with van der Waals surface area (Å²) in [6.45, 7) is 0. The first-order valence-electron chi connectivity index (χ1n) is 3.57. The van der Waals surface area contributed by atoms with Crippen LogP contribution >= 0.6 is 22.9 Å². The van der Waals surface area contributed by atoms with Gasteiger partial charge in [0.15, 0.2) is 0 Å². The molecule has 4 nitrogen and oxygen atoms in total. The number of aromatic nitrogens is 1. The normalized spacial score (nSPS) is 12.5. The summed E-state index contributed by atoms with van der Waals surface area (Å²) in [6.07, 6.45) is 1.90. The van der Waals surface area contributed by atoms with E-state index in [1.807, 2.05) is 0 Å². The maximum Gasteiger partial charge on any atom is 0.323 e. The molecule has 0 aromatic carbocycles. The molecule has 0 fully saturated rings. The minimum atomic E-state index is -0.660. The lowest BCUT2D eigenvalue weighted by molar-refractivity contribution is -0.142. The highest BCUT2D eigenvalue weighted by atomic mass is 35.5. The molecular formula is C7H9ClN2O2S. The molecule has 1 rings (SSSR count). The van der Waals surface area contributed by atoms with Crippen molar-refractivity contribution in [2.24, 2.45) is 5.73 Å². The summed E-state index contributed by atoms with van der Waals surface area (Å²) in [6, 6.07) is -0.660. The second-order valence-electron chi connectivity index (χ2n) is 2.39. The number of rotatable bonds is 3. The summed E-state index contributed by atoms with van der Waals surface area (Å²) in [5.41, 5.74) is 5.52. The van der Waals surface area contributed by atoms with Gasteiger partial charge < -0.3 is 10.5 Å². The Hall–Kier alpha value is -0.650. The van der Waals surface area contributed by atoms with E-state index in [4.69, 9.17) is 17.3 Å². The average molecular weight is 221 g/mol. The SMILES string of the molecule is COC(=O)C(N)Cc1ncc(Cl)s1. The predicted molar refractivity (Wildman–Crippen MR) is 50.8 cm³/mol. The van der Waals surface area contributed by atoms with Crippen molar-refractivity contribution in [2.75, 3.05) is 7.11 Å². The minimum absolute atomic E-state index is 0.365. The Balaban J connectivity index is 2.54. The Morgan fingerprint density at radius 3 is 3.08 bits per heavy atom. The fourth-order valence-corrected chi connectivity index (χ4v) is 1.82. The molecule has 0 aliphatic rings. The van der Waals surface area contributed by atoms with Crippen LogP contribution in [0.3, 0.4) is 0 Å². The fourth-order valence-electron chi connectivity index (χ4n) is 0.805. The molecule has 0 bridgehead atoms. The lowest BCUT2D eigenvalue weighted by atomic mass is 10.2. The highest BCUT2D eigenvalue weighted by Crippen LogP contribution is 2.19. The number of nitrogens with zero attached hydrogens (tertiary/aromatic N) is 1. The molecule has 1 unspecified atom stereocenters. The molecule has 6 heteroatoms. The minimum Gasteiger partial charge on any atom is -0.468 e. The number of thiazole rings is 1. The van der Waals surface area contributed by atoms with Gasteiger partial charge in [-0.3, -0.25) is 4.79 Å². The number of methoxy groups -OCH3 is 1. The maximum absolute atomic E-state index is 10.9. The predicted octanol–water partition coefficient (Wildman–Crippen LogP) is 0.839. The zero-order chi connectivity index (χ0) is 9.84. The van der Waals surface area contributed by atoms with E-state index in [0.29, 0.717) is 10.8 Å². The third-order valence-corrected chi connectivity index (χ3v) is 2.56. The molecule has 1 aromatic rings. The highest BCUT2D eigenvalue weighted by Gasteiger charge is 2.15. The second kappa shape index (κ2) is 4.55. The number of nitrogens with two attached hydrogens (primary N) is 1.